The van der Waals surface area contributed by atoms with Crippen molar-refractivity contribution in [1.29, 1.82) is 0 Å². The van der Waals surface area contributed by atoms with Crippen molar-refractivity contribution in [2.45, 2.75) is 13.0 Å². The number of epoxide rings is 1. The summed E-state index contributed by atoms with van der Waals surface area (Å²) in [6.07, 6.45) is 0.269. The topological polar surface area (TPSA) is 31.0 Å². The number of ether oxygens (including phenoxy) is 1. The first-order valence-corrected chi connectivity index (χ1v) is 3.29. The molecule has 0 aromatic rings. The molecule has 1 rings (SSSR count). The summed E-state index contributed by atoms with van der Waals surface area (Å²) in [6.45, 7) is 7.34. The second-order valence-electron chi connectivity index (χ2n) is 2.46. The van der Waals surface area contributed by atoms with Crippen molar-refractivity contribution in [2.24, 2.45) is 0 Å². The molecule has 3 heteroatoms. The van der Waals surface area contributed by atoms with Gasteiger partial charge in [-0.2, -0.15) is 0 Å². The van der Waals surface area contributed by atoms with E-state index in [-0.39, 0.29) is 6.10 Å². The Kier molecular flexibility index (Phi) is 2.86. The molecule has 58 valence electrons. The molecule has 1 heterocycles. The summed E-state index contributed by atoms with van der Waals surface area (Å²) in [5, 5.41) is 0. The molecule has 0 spiro atoms. The predicted molar refractivity (Wildman–Crippen MR) is 36.5 cm³/mol. The van der Waals surface area contributed by atoms with Crippen molar-refractivity contribution >= 4 is 0 Å². The van der Waals surface area contributed by atoms with E-state index < -0.39 is 0 Å². The molecule has 0 saturated carbocycles. The molecule has 1 atom stereocenters. The van der Waals surface area contributed by atoms with Crippen molar-refractivity contribution in [3.05, 3.63) is 12.2 Å². The second-order valence-corrected chi connectivity index (χ2v) is 2.46. The third-order valence-electron chi connectivity index (χ3n) is 1.04. The third kappa shape index (κ3) is 3.61. The van der Waals surface area contributed by atoms with Crippen LogP contribution in [0.4, 0.5) is 0 Å². The van der Waals surface area contributed by atoms with Crippen LogP contribution in [-0.4, -0.2) is 25.9 Å². The van der Waals surface area contributed by atoms with Gasteiger partial charge in [0, 0.05) is 0 Å². The zero-order valence-corrected chi connectivity index (χ0v) is 6.13. The van der Waals surface area contributed by atoms with Gasteiger partial charge >= 0.3 is 0 Å². The highest BCUT2D eigenvalue weighted by Crippen LogP contribution is 2.08. The average molecular weight is 144 g/mol. The lowest BCUT2D eigenvalue weighted by molar-refractivity contribution is -0.289. The van der Waals surface area contributed by atoms with Crippen LogP contribution in [0, 0.1) is 0 Å². The minimum atomic E-state index is 0.269. The highest BCUT2D eigenvalue weighted by molar-refractivity contribution is 4.86. The third-order valence-corrected chi connectivity index (χ3v) is 1.04. The predicted octanol–water partition coefficient (Wildman–Crippen LogP) is 0.909. The second kappa shape index (κ2) is 3.71. The fourth-order valence-corrected chi connectivity index (χ4v) is 0.431. The lowest BCUT2D eigenvalue weighted by Gasteiger charge is -2.00. The molecular weight excluding hydrogens is 132 g/mol. The van der Waals surface area contributed by atoms with Crippen molar-refractivity contribution in [3.8, 4) is 0 Å². The van der Waals surface area contributed by atoms with Crippen molar-refractivity contribution < 1.29 is 14.5 Å². The SMILES string of the molecule is C=C(C)COOCC1CO1. The summed E-state index contributed by atoms with van der Waals surface area (Å²) in [7, 11) is 0. The molecule has 1 unspecified atom stereocenters. The summed E-state index contributed by atoms with van der Waals surface area (Å²) < 4.78 is 4.89. The Bertz CT molecular complexity index is 118. The van der Waals surface area contributed by atoms with Gasteiger partial charge in [0.15, 0.2) is 0 Å². The van der Waals surface area contributed by atoms with Gasteiger partial charge in [0.25, 0.3) is 0 Å². The molecule has 1 saturated heterocycles. The monoisotopic (exact) mass is 144 g/mol. The van der Waals surface area contributed by atoms with Gasteiger partial charge in [-0.25, -0.2) is 9.78 Å². The molecule has 1 aliphatic heterocycles. The molecule has 0 amide bonds. The van der Waals surface area contributed by atoms with Crippen LogP contribution in [0.25, 0.3) is 0 Å². The lowest BCUT2D eigenvalue weighted by atomic mass is 10.4. The Labute approximate surface area is 60.5 Å². The highest BCUT2D eigenvalue weighted by atomic mass is 17.2. The van der Waals surface area contributed by atoms with E-state index in [1.54, 1.807) is 0 Å². The summed E-state index contributed by atoms with van der Waals surface area (Å²) >= 11 is 0. The minimum absolute atomic E-state index is 0.269. The van der Waals surface area contributed by atoms with Gasteiger partial charge in [-0.15, -0.1) is 0 Å². The molecule has 0 aliphatic carbocycles. The summed E-state index contributed by atoms with van der Waals surface area (Å²) in [5.74, 6) is 0. The number of rotatable bonds is 5. The van der Waals surface area contributed by atoms with E-state index in [0.717, 1.165) is 12.2 Å². The van der Waals surface area contributed by atoms with E-state index in [0.29, 0.717) is 13.2 Å². The molecule has 0 aromatic heterocycles. The van der Waals surface area contributed by atoms with Gasteiger partial charge in [0.2, 0.25) is 0 Å². The first-order chi connectivity index (χ1) is 4.79. The summed E-state index contributed by atoms with van der Waals surface area (Å²) in [6, 6.07) is 0. The molecule has 3 nitrogen and oxygen atoms in total. The summed E-state index contributed by atoms with van der Waals surface area (Å²) in [4.78, 5) is 9.55. The lowest BCUT2D eigenvalue weighted by Crippen LogP contribution is -2.03. The van der Waals surface area contributed by atoms with E-state index in [1.807, 2.05) is 6.92 Å². The van der Waals surface area contributed by atoms with Gasteiger partial charge in [-0.3, -0.25) is 0 Å². The van der Waals surface area contributed by atoms with Crippen LogP contribution in [0.5, 0.6) is 0 Å². The Balaban J connectivity index is 1.80. The molecule has 0 radical (unpaired) electrons. The Morgan fingerprint density at radius 3 is 2.90 bits per heavy atom. The van der Waals surface area contributed by atoms with Gasteiger partial charge in [-0.05, 0) is 6.92 Å². The minimum Gasteiger partial charge on any atom is -0.370 e. The maximum absolute atomic E-state index is 4.89. The fourth-order valence-electron chi connectivity index (χ4n) is 0.431. The molecule has 1 aliphatic rings. The Hall–Kier alpha value is -0.380. The van der Waals surface area contributed by atoms with E-state index in [1.165, 1.54) is 0 Å². The van der Waals surface area contributed by atoms with Gasteiger partial charge in [0.1, 0.15) is 19.3 Å². The normalized spacial score (nSPS) is 22.7. The maximum Gasteiger partial charge on any atom is 0.111 e. The molecule has 1 fully saturated rings. The van der Waals surface area contributed by atoms with E-state index in [4.69, 9.17) is 14.5 Å². The number of hydrogen-bond donors (Lipinski definition) is 0. The van der Waals surface area contributed by atoms with Gasteiger partial charge in [-0.1, -0.05) is 12.2 Å². The largest absolute Gasteiger partial charge is 0.370 e. The molecule has 0 bridgehead atoms. The van der Waals surface area contributed by atoms with Crippen molar-refractivity contribution in [3.63, 3.8) is 0 Å². The standard InChI is InChI=1S/C7H12O3/c1-6(2)3-9-10-5-7-4-8-7/h7H,1,3-5H2,2H3. The van der Waals surface area contributed by atoms with E-state index in [9.17, 15) is 0 Å². The van der Waals surface area contributed by atoms with Gasteiger partial charge < -0.3 is 4.74 Å². The zero-order chi connectivity index (χ0) is 7.40. The Morgan fingerprint density at radius 1 is 1.70 bits per heavy atom. The first-order valence-electron chi connectivity index (χ1n) is 3.29. The van der Waals surface area contributed by atoms with E-state index >= 15 is 0 Å². The molecule has 10 heavy (non-hydrogen) atoms. The fraction of sp³-hybridized carbons (Fsp3) is 0.714. The molecule has 0 N–H and O–H groups in total. The maximum atomic E-state index is 4.89. The van der Waals surface area contributed by atoms with Crippen molar-refractivity contribution in [2.75, 3.05) is 19.8 Å². The van der Waals surface area contributed by atoms with Crippen LogP contribution < -0.4 is 0 Å². The quantitative estimate of drug-likeness (QED) is 0.189. The average Bonchev–Trinajstić information content (AvgIpc) is 2.62. The van der Waals surface area contributed by atoms with Crippen molar-refractivity contribution in [1.82, 2.24) is 0 Å². The van der Waals surface area contributed by atoms with Crippen LogP contribution in [0.15, 0.2) is 12.2 Å². The molecular formula is C7H12O3. The first kappa shape index (κ1) is 7.72. The van der Waals surface area contributed by atoms with Crippen LogP contribution in [0.2, 0.25) is 0 Å². The molecule has 0 aromatic carbocycles. The van der Waals surface area contributed by atoms with Crippen LogP contribution in [0.1, 0.15) is 6.92 Å². The van der Waals surface area contributed by atoms with Crippen LogP contribution in [0.3, 0.4) is 0 Å². The van der Waals surface area contributed by atoms with Crippen LogP contribution >= 0.6 is 0 Å². The van der Waals surface area contributed by atoms with Gasteiger partial charge in [0.05, 0.1) is 6.61 Å². The summed E-state index contributed by atoms with van der Waals surface area (Å²) in [5.41, 5.74) is 0.955. The number of hydrogen-bond acceptors (Lipinski definition) is 3. The Morgan fingerprint density at radius 2 is 2.40 bits per heavy atom. The van der Waals surface area contributed by atoms with Crippen LogP contribution in [-0.2, 0) is 14.5 Å². The zero-order valence-electron chi connectivity index (χ0n) is 6.13. The van der Waals surface area contributed by atoms with E-state index in [2.05, 4.69) is 6.58 Å². The smallest absolute Gasteiger partial charge is 0.111 e. The highest BCUT2D eigenvalue weighted by Gasteiger charge is 2.22.